The van der Waals surface area contributed by atoms with Crippen molar-refractivity contribution >= 4 is 33.7 Å². The lowest BCUT2D eigenvalue weighted by Gasteiger charge is -2.29. The zero-order valence-corrected chi connectivity index (χ0v) is 12.0. The molecular weight excluding hydrogens is 302 g/mol. The van der Waals surface area contributed by atoms with Crippen LogP contribution >= 0.6 is 27.7 Å². The van der Waals surface area contributed by atoms with Crippen LogP contribution in [-0.4, -0.2) is 15.8 Å². The minimum absolute atomic E-state index is 0.202. The van der Waals surface area contributed by atoms with Gasteiger partial charge < -0.3 is 9.30 Å². The lowest BCUT2D eigenvalue weighted by Crippen LogP contribution is -2.33. The van der Waals surface area contributed by atoms with Crippen LogP contribution in [0.3, 0.4) is 0 Å². The Bertz CT molecular complexity index is 537. The monoisotopic (exact) mass is 313 g/mol. The molecule has 0 spiro atoms. The summed E-state index contributed by atoms with van der Waals surface area (Å²) < 4.78 is 8.72. The fourth-order valence-corrected chi connectivity index (χ4v) is 4.42. The number of allylic oxidation sites excluding steroid dienone is 1. The molecule has 0 saturated carbocycles. The topological polar surface area (TPSA) is 31.2 Å². The highest BCUT2D eigenvalue weighted by Gasteiger charge is 2.49. The molecule has 3 heterocycles. The average Bonchev–Trinajstić information content (AvgIpc) is 2.88. The molecule has 5 heteroatoms. The molecule has 3 rings (SSSR count). The first kappa shape index (κ1) is 11.4. The van der Waals surface area contributed by atoms with Crippen LogP contribution in [0, 0.1) is 0 Å². The fourth-order valence-electron chi connectivity index (χ4n) is 2.44. The van der Waals surface area contributed by atoms with Gasteiger partial charge in [-0.15, -0.1) is 11.8 Å². The Balaban J connectivity index is 2.02. The van der Waals surface area contributed by atoms with Gasteiger partial charge >= 0.3 is 5.97 Å². The highest BCUT2D eigenvalue weighted by Crippen LogP contribution is 2.49. The molecule has 2 unspecified atom stereocenters. The molecule has 1 aromatic rings. The van der Waals surface area contributed by atoms with Crippen LogP contribution in [0.15, 0.2) is 22.3 Å². The van der Waals surface area contributed by atoms with Crippen molar-refractivity contribution in [2.75, 3.05) is 0 Å². The number of hydrogen-bond donors (Lipinski definition) is 0. The third kappa shape index (κ3) is 1.59. The number of rotatable bonds is 1. The van der Waals surface area contributed by atoms with E-state index >= 15 is 0 Å². The SMILES string of the molecule is Cn1cc2c(c1)C(C)(C1CC(Br)=CS1)OC2=O. The smallest absolute Gasteiger partial charge is 0.341 e. The molecule has 1 aromatic heterocycles. The summed E-state index contributed by atoms with van der Waals surface area (Å²) in [5.41, 5.74) is 1.21. The molecule has 90 valence electrons. The molecule has 0 amide bonds. The maximum Gasteiger partial charge on any atom is 0.341 e. The maximum absolute atomic E-state index is 11.9. The van der Waals surface area contributed by atoms with Crippen molar-refractivity contribution < 1.29 is 9.53 Å². The number of nitrogens with zero attached hydrogens (tertiary/aromatic N) is 1. The molecule has 3 nitrogen and oxygen atoms in total. The Morgan fingerprint density at radius 3 is 3.00 bits per heavy atom. The molecule has 0 aromatic carbocycles. The number of carbonyl (C=O) groups is 1. The van der Waals surface area contributed by atoms with Crippen LogP contribution in [0.1, 0.15) is 29.3 Å². The van der Waals surface area contributed by atoms with Crippen molar-refractivity contribution in [3.8, 4) is 0 Å². The number of halogens is 1. The van der Waals surface area contributed by atoms with Crippen molar-refractivity contribution in [1.82, 2.24) is 4.57 Å². The number of esters is 1. The van der Waals surface area contributed by atoms with Crippen molar-refractivity contribution in [3.63, 3.8) is 0 Å². The van der Waals surface area contributed by atoms with Crippen molar-refractivity contribution in [1.29, 1.82) is 0 Å². The quantitative estimate of drug-likeness (QED) is 0.746. The largest absolute Gasteiger partial charge is 0.450 e. The molecule has 0 aliphatic carbocycles. The molecule has 17 heavy (non-hydrogen) atoms. The van der Waals surface area contributed by atoms with Gasteiger partial charge in [-0.3, -0.25) is 0 Å². The number of thioether (sulfide) groups is 1. The van der Waals surface area contributed by atoms with E-state index in [1.807, 2.05) is 30.9 Å². The van der Waals surface area contributed by atoms with Crippen LogP contribution in [-0.2, 0) is 17.4 Å². The zero-order valence-electron chi connectivity index (χ0n) is 9.57. The normalized spacial score (nSPS) is 31.4. The Hall–Kier alpha value is -0.680. The number of aromatic nitrogens is 1. The summed E-state index contributed by atoms with van der Waals surface area (Å²) in [5, 5.41) is 2.34. The molecule has 0 fully saturated rings. The van der Waals surface area contributed by atoms with E-state index < -0.39 is 5.60 Å². The van der Waals surface area contributed by atoms with Crippen LogP contribution in [0.2, 0.25) is 0 Å². The first-order valence-electron chi connectivity index (χ1n) is 5.40. The number of hydrogen-bond acceptors (Lipinski definition) is 3. The summed E-state index contributed by atoms with van der Waals surface area (Å²) in [6, 6.07) is 0. The third-order valence-corrected chi connectivity index (χ3v) is 5.59. The molecule has 0 bridgehead atoms. The van der Waals surface area contributed by atoms with Crippen molar-refractivity contribution in [2.24, 2.45) is 7.05 Å². The number of aryl methyl sites for hydroxylation is 1. The summed E-state index contributed by atoms with van der Waals surface area (Å²) in [7, 11) is 1.93. The Morgan fingerprint density at radius 2 is 2.35 bits per heavy atom. The van der Waals surface area contributed by atoms with Gasteiger partial charge in [-0.2, -0.15) is 0 Å². The van der Waals surface area contributed by atoms with E-state index in [1.165, 1.54) is 4.48 Å². The van der Waals surface area contributed by atoms with Crippen LogP contribution in [0.4, 0.5) is 0 Å². The lowest BCUT2D eigenvalue weighted by molar-refractivity contribution is 0.000126. The minimum Gasteiger partial charge on any atom is -0.450 e. The second-order valence-electron chi connectivity index (χ2n) is 4.64. The minimum atomic E-state index is -0.510. The molecule has 0 radical (unpaired) electrons. The van der Waals surface area contributed by atoms with Crippen LogP contribution < -0.4 is 0 Å². The molecule has 2 atom stereocenters. The Kier molecular flexibility index (Phi) is 2.45. The highest BCUT2D eigenvalue weighted by atomic mass is 79.9. The predicted molar refractivity (Wildman–Crippen MR) is 71.2 cm³/mol. The summed E-state index contributed by atoms with van der Waals surface area (Å²) in [6.07, 6.45) is 4.74. The highest BCUT2D eigenvalue weighted by molar-refractivity contribution is 9.11. The van der Waals surface area contributed by atoms with Gasteiger partial charge in [-0.25, -0.2) is 4.79 Å². The number of ether oxygens (including phenoxy) is 1. The van der Waals surface area contributed by atoms with Gasteiger partial charge in [0.05, 0.1) is 10.8 Å². The lowest BCUT2D eigenvalue weighted by atomic mass is 9.92. The summed E-state index contributed by atoms with van der Waals surface area (Å²) in [6.45, 7) is 2.01. The van der Waals surface area contributed by atoms with Crippen molar-refractivity contribution in [3.05, 3.63) is 33.4 Å². The maximum atomic E-state index is 11.9. The molecule has 0 saturated heterocycles. The third-order valence-electron chi connectivity index (χ3n) is 3.37. The van der Waals surface area contributed by atoms with E-state index in [4.69, 9.17) is 4.74 Å². The second kappa shape index (κ2) is 3.65. The van der Waals surface area contributed by atoms with E-state index in [2.05, 4.69) is 21.3 Å². The summed E-state index contributed by atoms with van der Waals surface area (Å²) >= 11 is 5.23. The Morgan fingerprint density at radius 1 is 1.59 bits per heavy atom. The van der Waals surface area contributed by atoms with Gasteiger partial charge in [0.15, 0.2) is 0 Å². The van der Waals surface area contributed by atoms with E-state index in [9.17, 15) is 4.79 Å². The van der Waals surface area contributed by atoms with Gasteiger partial charge in [0.2, 0.25) is 0 Å². The summed E-state index contributed by atoms with van der Waals surface area (Å²) in [4.78, 5) is 11.9. The molecule has 0 N–H and O–H groups in total. The predicted octanol–water partition coefficient (Wildman–Crippen LogP) is 3.15. The zero-order chi connectivity index (χ0) is 12.2. The van der Waals surface area contributed by atoms with Gasteiger partial charge in [-0.1, -0.05) is 15.9 Å². The second-order valence-corrected chi connectivity index (χ2v) is 6.74. The number of carbonyl (C=O) groups excluding carboxylic acids is 1. The van der Waals surface area contributed by atoms with E-state index in [-0.39, 0.29) is 11.2 Å². The van der Waals surface area contributed by atoms with Crippen LogP contribution in [0.25, 0.3) is 0 Å². The summed E-state index contributed by atoms with van der Waals surface area (Å²) in [5.74, 6) is -0.202. The van der Waals surface area contributed by atoms with E-state index in [0.717, 1.165) is 12.0 Å². The van der Waals surface area contributed by atoms with Crippen LogP contribution in [0.5, 0.6) is 0 Å². The van der Waals surface area contributed by atoms with Gasteiger partial charge in [0.1, 0.15) is 5.60 Å². The molecule has 2 aliphatic rings. The molecule has 2 aliphatic heterocycles. The first-order chi connectivity index (χ1) is 8.00. The number of fused-ring (bicyclic) bond motifs is 1. The average molecular weight is 314 g/mol. The van der Waals surface area contributed by atoms with E-state index in [0.29, 0.717) is 5.56 Å². The van der Waals surface area contributed by atoms with Gasteiger partial charge in [0, 0.05) is 29.5 Å². The molecular formula is C12H12BrNO2S. The van der Waals surface area contributed by atoms with Gasteiger partial charge in [0.25, 0.3) is 0 Å². The standard InChI is InChI=1S/C12H12BrNO2S/c1-12(10-3-7(13)6-17-10)9-5-14(2)4-8(9)11(15)16-12/h4-6,10H,3H2,1-2H3. The fraction of sp³-hybridized carbons (Fsp3) is 0.417. The van der Waals surface area contributed by atoms with E-state index in [1.54, 1.807) is 11.8 Å². The van der Waals surface area contributed by atoms with Crippen molar-refractivity contribution in [2.45, 2.75) is 24.2 Å². The first-order valence-corrected chi connectivity index (χ1v) is 7.14. The van der Waals surface area contributed by atoms with Gasteiger partial charge in [-0.05, 0) is 18.8 Å². The number of cyclic esters (lactones) is 1. The Labute approximate surface area is 112 Å².